The molecule has 3 aromatic rings. The molecule has 0 aliphatic rings. The molecule has 0 unspecified atom stereocenters. The average molecular weight is 279 g/mol. The monoisotopic (exact) mass is 278 g/mol. The Morgan fingerprint density at radius 2 is 2.26 bits per heavy atom. The molecule has 8 heteroatoms. The third-order valence-corrected chi connectivity index (χ3v) is 2.71. The van der Waals surface area contributed by atoms with Gasteiger partial charge >= 0.3 is 0 Å². The van der Waals surface area contributed by atoms with Crippen LogP contribution in [0.25, 0.3) is 11.0 Å². The van der Waals surface area contributed by atoms with E-state index in [1.807, 2.05) is 0 Å². The summed E-state index contributed by atoms with van der Waals surface area (Å²) in [5.74, 6) is -0.107. The first-order valence-electron chi connectivity index (χ1n) is 5.43. The summed E-state index contributed by atoms with van der Waals surface area (Å²) in [4.78, 5) is 18.5. The van der Waals surface area contributed by atoms with Gasteiger partial charge in [-0.25, -0.2) is 14.4 Å². The molecule has 6 nitrogen and oxygen atoms in total. The number of halogens is 2. The van der Waals surface area contributed by atoms with Crippen LogP contribution in [0.3, 0.4) is 0 Å². The molecule has 0 amide bonds. The molecule has 0 spiro atoms. The second kappa shape index (κ2) is 4.77. The van der Waals surface area contributed by atoms with Gasteiger partial charge in [0.2, 0.25) is 5.28 Å². The maximum absolute atomic E-state index is 13.6. The predicted molar refractivity (Wildman–Crippen MR) is 68.2 cm³/mol. The fourth-order valence-corrected chi connectivity index (χ4v) is 1.86. The topological polar surface area (TPSA) is 79.4 Å². The molecule has 3 rings (SSSR count). The average Bonchev–Trinajstić information content (AvgIpc) is 2.79. The molecular weight excluding hydrogens is 271 g/mol. The van der Waals surface area contributed by atoms with Crippen LogP contribution in [0.1, 0.15) is 5.69 Å². The van der Waals surface area contributed by atoms with Crippen molar-refractivity contribution in [3.8, 4) is 0 Å². The van der Waals surface area contributed by atoms with Gasteiger partial charge in [-0.05, 0) is 17.7 Å². The summed E-state index contributed by atoms with van der Waals surface area (Å²) in [6.45, 7) is 0.385. The summed E-state index contributed by atoms with van der Waals surface area (Å²) in [5.41, 5.74) is 1.11. The van der Waals surface area contributed by atoms with Crippen molar-refractivity contribution in [3.63, 3.8) is 0 Å². The van der Waals surface area contributed by atoms with E-state index in [4.69, 9.17) is 11.6 Å². The molecule has 0 fully saturated rings. The van der Waals surface area contributed by atoms with Crippen LogP contribution in [0.4, 0.5) is 10.2 Å². The van der Waals surface area contributed by atoms with E-state index < -0.39 is 5.82 Å². The van der Waals surface area contributed by atoms with Gasteiger partial charge in [0.05, 0.1) is 17.6 Å². The molecule has 0 radical (unpaired) electrons. The van der Waals surface area contributed by atoms with Crippen LogP contribution in [-0.4, -0.2) is 24.9 Å². The van der Waals surface area contributed by atoms with E-state index in [0.29, 0.717) is 18.0 Å². The van der Waals surface area contributed by atoms with E-state index in [2.05, 4.69) is 30.2 Å². The highest BCUT2D eigenvalue weighted by Crippen LogP contribution is 2.24. The molecule has 0 bridgehead atoms. The second-order valence-electron chi connectivity index (χ2n) is 3.76. The van der Waals surface area contributed by atoms with Crippen molar-refractivity contribution in [1.82, 2.24) is 24.9 Å². The van der Waals surface area contributed by atoms with E-state index >= 15 is 0 Å². The van der Waals surface area contributed by atoms with Gasteiger partial charge in [-0.3, -0.25) is 0 Å². The van der Waals surface area contributed by atoms with Gasteiger partial charge in [-0.1, -0.05) is 0 Å². The molecule has 0 saturated carbocycles. The molecular formula is C11H8ClFN6. The summed E-state index contributed by atoms with van der Waals surface area (Å²) >= 11 is 5.78. The van der Waals surface area contributed by atoms with Gasteiger partial charge in [0.25, 0.3) is 0 Å². The Kier molecular flexibility index (Phi) is 2.96. The summed E-state index contributed by atoms with van der Waals surface area (Å²) in [6.07, 6.45) is 4.28. The minimum absolute atomic E-state index is 0.0412. The van der Waals surface area contributed by atoms with Gasteiger partial charge in [-0.15, -0.1) is 0 Å². The minimum atomic E-state index is -0.433. The Morgan fingerprint density at radius 1 is 1.37 bits per heavy atom. The smallest absolute Gasteiger partial charge is 0.226 e. The van der Waals surface area contributed by atoms with Crippen LogP contribution >= 0.6 is 11.6 Å². The number of anilines is 1. The fourth-order valence-electron chi connectivity index (χ4n) is 1.69. The van der Waals surface area contributed by atoms with E-state index in [-0.39, 0.29) is 10.7 Å². The summed E-state index contributed by atoms with van der Waals surface area (Å²) < 4.78 is 13.6. The number of nitrogens with zero attached hydrogens (tertiary/aromatic N) is 4. The first-order valence-corrected chi connectivity index (χ1v) is 5.81. The van der Waals surface area contributed by atoms with Crippen molar-refractivity contribution in [2.24, 2.45) is 0 Å². The van der Waals surface area contributed by atoms with Crippen molar-refractivity contribution >= 4 is 28.5 Å². The molecule has 0 aliphatic carbocycles. The van der Waals surface area contributed by atoms with Gasteiger partial charge in [-0.2, -0.15) is 9.97 Å². The van der Waals surface area contributed by atoms with Crippen LogP contribution in [0.2, 0.25) is 5.28 Å². The molecule has 19 heavy (non-hydrogen) atoms. The first-order chi connectivity index (χ1) is 9.24. The number of rotatable bonds is 3. The molecule has 96 valence electrons. The Morgan fingerprint density at radius 3 is 3.05 bits per heavy atom. The summed E-state index contributed by atoms with van der Waals surface area (Å²) in [7, 11) is 0. The first kappa shape index (κ1) is 11.8. The second-order valence-corrected chi connectivity index (χ2v) is 4.09. The third-order valence-electron chi connectivity index (χ3n) is 2.54. The van der Waals surface area contributed by atoms with Crippen LogP contribution in [0.5, 0.6) is 0 Å². The highest BCUT2D eigenvalue weighted by atomic mass is 35.5. The lowest BCUT2D eigenvalue weighted by molar-refractivity contribution is 0.639. The van der Waals surface area contributed by atoms with E-state index in [0.717, 1.165) is 5.69 Å². The number of fused-ring (bicyclic) bond motifs is 1. The SMILES string of the molecule is Fc1c[nH]c2nc(Cl)nc(NCc3ccncn3)c12. The molecule has 2 N–H and O–H groups in total. The Labute approximate surface area is 112 Å². The van der Waals surface area contributed by atoms with Gasteiger partial charge < -0.3 is 10.3 Å². The van der Waals surface area contributed by atoms with Gasteiger partial charge in [0.15, 0.2) is 5.82 Å². The number of H-pyrrole nitrogens is 1. The predicted octanol–water partition coefficient (Wildman–Crippen LogP) is 2.15. The maximum Gasteiger partial charge on any atom is 0.226 e. The molecule has 3 aromatic heterocycles. The molecule has 3 heterocycles. The van der Waals surface area contributed by atoms with E-state index in [1.54, 1.807) is 12.3 Å². The van der Waals surface area contributed by atoms with Crippen LogP contribution in [-0.2, 0) is 6.54 Å². The summed E-state index contributed by atoms with van der Waals surface area (Å²) in [6, 6.07) is 1.75. The zero-order valence-electron chi connectivity index (χ0n) is 9.56. The van der Waals surface area contributed by atoms with Crippen LogP contribution in [0, 0.1) is 5.82 Å². The Hall–Kier alpha value is -2.28. The lowest BCUT2D eigenvalue weighted by atomic mass is 10.3. The van der Waals surface area contributed by atoms with Crippen LogP contribution in [0.15, 0.2) is 24.8 Å². The Bertz CT molecular complexity index is 714. The highest BCUT2D eigenvalue weighted by molar-refractivity contribution is 6.28. The quantitative estimate of drug-likeness (QED) is 0.718. The normalized spacial score (nSPS) is 10.8. The van der Waals surface area contributed by atoms with Crippen molar-refractivity contribution in [3.05, 3.63) is 41.6 Å². The molecule has 0 aliphatic heterocycles. The summed E-state index contributed by atoms with van der Waals surface area (Å²) in [5, 5.41) is 3.30. The van der Waals surface area contributed by atoms with Crippen molar-refractivity contribution in [2.45, 2.75) is 6.54 Å². The van der Waals surface area contributed by atoms with Crippen LogP contribution < -0.4 is 5.32 Å². The lowest BCUT2D eigenvalue weighted by Gasteiger charge is -2.06. The van der Waals surface area contributed by atoms with Crippen molar-refractivity contribution in [2.75, 3.05) is 5.32 Å². The number of hydrogen-bond acceptors (Lipinski definition) is 5. The lowest BCUT2D eigenvalue weighted by Crippen LogP contribution is -2.04. The number of nitrogens with one attached hydrogen (secondary N) is 2. The van der Waals surface area contributed by atoms with Crippen molar-refractivity contribution in [1.29, 1.82) is 0 Å². The third kappa shape index (κ3) is 2.32. The minimum Gasteiger partial charge on any atom is -0.364 e. The molecule has 0 aromatic carbocycles. The number of aromatic amines is 1. The van der Waals surface area contributed by atoms with E-state index in [1.165, 1.54) is 12.5 Å². The maximum atomic E-state index is 13.6. The molecule has 0 saturated heterocycles. The molecule has 0 atom stereocenters. The number of hydrogen-bond donors (Lipinski definition) is 2. The standard InChI is InChI=1S/C11H8ClFN6/c12-11-18-9(8-7(13)4-16-10(8)19-11)15-3-6-1-2-14-5-17-6/h1-2,4-5H,3H2,(H2,15,16,18,19). The largest absolute Gasteiger partial charge is 0.364 e. The number of aromatic nitrogens is 5. The van der Waals surface area contributed by atoms with E-state index in [9.17, 15) is 4.39 Å². The zero-order chi connectivity index (χ0) is 13.2. The van der Waals surface area contributed by atoms with Crippen molar-refractivity contribution < 1.29 is 4.39 Å². The zero-order valence-corrected chi connectivity index (χ0v) is 10.3. The fraction of sp³-hybridized carbons (Fsp3) is 0.0909. The van der Waals surface area contributed by atoms with Gasteiger partial charge in [0, 0.05) is 12.4 Å². The Balaban J connectivity index is 1.94. The van der Waals surface area contributed by atoms with Gasteiger partial charge in [0.1, 0.15) is 17.8 Å². The highest BCUT2D eigenvalue weighted by Gasteiger charge is 2.12.